The molecule has 0 saturated heterocycles. The average Bonchev–Trinajstić information content (AvgIpc) is 3.69. The number of fused-ring (bicyclic) bond motifs is 3. The maximum Gasteiger partial charge on any atom is 0.164 e. The van der Waals surface area contributed by atoms with Crippen molar-refractivity contribution in [1.29, 1.82) is 0 Å². The smallest absolute Gasteiger partial charge is 0.164 e. The third kappa shape index (κ3) is 9.58. The molecule has 56 heavy (non-hydrogen) atoms. The van der Waals surface area contributed by atoms with Gasteiger partial charge in [-0.15, -0.1) is 51.8 Å². The van der Waals surface area contributed by atoms with Crippen molar-refractivity contribution in [3.63, 3.8) is 0 Å². The number of ketones is 1. The summed E-state index contributed by atoms with van der Waals surface area (Å²) < 4.78 is 1.38. The summed E-state index contributed by atoms with van der Waals surface area (Å²) >= 11 is 3.73. The van der Waals surface area contributed by atoms with E-state index < -0.39 is 0 Å². The van der Waals surface area contributed by atoms with E-state index in [-0.39, 0.29) is 47.9 Å². The second-order valence-electron chi connectivity index (χ2n) is 17.4. The molecule has 6 heteroatoms. The first kappa shape index (κ1) is 45.6. The summed E-state index contributed by atoms with van der Waals surface area (Å²) in [5, 5.41) is 15.2. The molecule has 0 fully saturated rings. The molecule has 0 amide bonds. The monoisotopic (exact) mass is 965 g/mol. The number of aromatic nitrogens is 1. The number of aryl methyl sites for hydroxylation is 2. The zero-order chi connectivity index (χ0) is 40.5. The molecule has 0 unspecified atom stereocenters. The van der Waals surface area contributed by atoms with E-state index >= 15 is 0 Å². The molecule has 0 aliphatic carbocycles. The summed E-state index contributed by atoms with van der Waals surface area (Å²) in [5.74, 6) is 0.947. The average molecular weight is 965 g/mol. The predicted molar refractivity (Wildman–Crippen MR) is 242 cm³/mol. The van der Waals surface area contributed by atoms with Crippen LogP contribution in [0.1, 0.15) is 123 Å². The Bertz CT molecular complexity index is 2340. The SMILES string of the molecule is CCC(C)(CC)C(=O)/C=C(\O)C(C)(CC)CC.Cc1cc2c(-c3ccc4sc(CC(C)C)c(C)c4c3)cc(-c3[c-]c4ccccc4c(C(C)(C)C)c3)nc2s1.[Ir]. The van der Waals surface area contributed by atoms with E-state index in [1.165, 1.54) is 58.9 Å². The molecule has 1 N–H and O–H groups in total. The number of hydrogen-bond acceptors (Lipinski definition) is 5. The van der Waals surface area contributed by atoms with E-state index in [1.807, 2.05) is 52.9 Å². The zero-order valence-electron chi connectivity index (χ0n) is 35.9. The van der Waals surface area contributed by atoms with Gasteiger partial charge in [0.2, 0.25) is 0 Å². The predicted octanol–water partition coefficient (Wildman–Crippen LogP) is 15.6. The van der Waals surface area contributed by atoms with Crippen LogP contribution in [0.3, 0.4) is 0 Å². The molecule has 3 nitrogen and oxygen atoms in total. The van der Waals surface area contributed by atoms with E-state index in [0.29, 0.717) is 5.92 Å². The van der Waals surface area contributed by atoms with E-state index in [4.69, 9.17) is 4.98 Å². The molecule has 0 spiro atoms. The molecule has 0 saturated carbocycles. The van der Waals surface area contributed by atoms with Crippen LogP contribution in [-0.4, -0.2) is 15.9 Å². The van der Waals surface area contributed by atoms with Crippen LogP contribution in [0.5, 0.6) is 0 Å². The summed E-state index contributed by atoms with van der Waals surface area (Å²) in [6.45, 7) is 28.0. The van der Waals surface area contributed by atoms with Gasteiger partial charge in [0.05, 0.1) is 0 Å². The van der Waals surface area contributed by atoms with Crippen molar-refractivity contribution in [2.24, 2.45) is 16.7 Å². The number of allylic oxidation sites excluding steroid dienone is 2. The third-order valence-electron chi connectivity index (χ3n) is 12.0. The van der Waals surface area contributed by atoms with Crippen molar-refractivity contribution >= 4 is 59.5 Å². The van der Waals surface area contributed by atoms with Crippen LogP contribution in [0.25, 0.3) is 53.5 Å². The second kappa shape index (κ2) is 18.2. The minimum atomic E-state index is -0.337. The molecule has 1 radical (unpaired) electrons. The van der Waals surface area contributed by atoms with Crippen LogP contribution in [0.15, 0.2) is 72.5 Å². The van der Waals surface area contributed by atoms with Gasteiger partial charge in [-0.3, -0.25) is 9.78 Å². The molecule has 0 atom stereocenters. The van der Waals surface area contributed by atoms with Gasteiger partial charge in [0.1, 0.15) is 10.6 Å². The summed E-state index contributed by atoms with van der Waals surface area (Å²) in [7, 11) is 0. The Hall–Kier alpha value is -3.15. The largest absolute Gasteiger partial charge is 0.512 e. The van der Waals surface area contributed by atoms with Gasteiger partial charge < -0.3 is 5.11 Å². The fourth-order valence-corrected chi connectivity index (χ4v) is 9.50. The fraction of sp³-hybridized carbons (Fsp3) is 0.440. The summed E-state index contributed by atoms with van der Waals surface area (Å²) in [5.41, 5.74) is 6.76. The Morgan fingerprint density at radius 1 is 0.821 bits per heavy atom. The van der Waals surface area contributed by atoms with E-state index in [9.17, 15) is 9.90 Å². The van der Waals surface area contributed by atoms with Gasteiger partial charge in [-0.05, 0) is 97.6 Å². The van der Waals surface area contributed by atoms with Crippen LogP contribution in [0.4, 0.5) is 0 Å². The molecule has 0 aliphatic rings. The van der Waals surface area contributed by atoms with Crippen LogP contribution in [0, 0.1) is 36.7 Å². The molecular weight excluding hydrogens is 903 g/mol. The van der Waals surface area contributed by atoms with Crippen molar-refractivity contribution in [1.82, 2.24) is 4.98 Å². The number of aliphatic hydroxyl groups is 1. The molecule has 301 valence electrons. The number of pyridine rings is 1. The third-order valence-corrected chi connectivity index (χ3v) is 14.3. The standard InChI is InChI=1S/C35H34NS2.C15H28O2.Ir/c1-20(2)14-33-22(4)27-17-24(12-13-32(27)38-33)28-19-31(36-34-29(28)15-21(3)37-34)25-16-23-10-8-9-11-26(23)30(18-25)35(5,6)7;1-7-14(5,8-2)12(16)11-13(17)15(6,9-3)10-4;/h8-13,15,17-20H,14H2,1-7H3;11,16H,7-10H2,1-6H3;/q-1;;/b;12-11-;. The first-order valence-corrected chi connectivity index (χ1v) is 21.9. The Morgan fingerprint density at radius 3 is 2.07 bits per heavy atom. The van der Waals surface area contributed by atoms with Crippen molar-refractivity contribution in [2.75, 3.05) is 0 Å². The number of carbonyl (C=O) groups excluding carboxylic acids is 1. The molecule has 0 aliphatic heterocycles. The van der Waals surface area contributed by atoms with Crippen molar-refractivity contribution in [3.8, 4) is 22.4 Å². The van der Waals surface area contributed by atoms with Crippen molar-refractivity contribution in [3.05, 3.63) is 99.4 Å². The molecule has 3 heterocycles. The molecule has 3 aromatic heterocycles. The number of rotatable bonds is 11. The number of carbonyl (C=O) groups is 1. The van der Waals surface area contributed by atoms with Gasteiger partial charge >= 0.3 is 0 Å². The summed E-state index contributed by atoms with van der Waals surface area (Å²) in [6, 6.07) is 26.2. The Balaban J connectivity index is 0.000000330. The fourth-order valence-electron chi connectivity index (χ4n) is 7.19. The summed E-state index contributed by atoms with van der Waals surface area (Å²) in [6.07, 6.45) is 5.89. The molecule has 6 rings (SSSR count). The minimum absolute atomic E-state index is 0. The molecular formula is C50H62IrNO2S2-. The van der Waals surface area contributed by atoms with Gasteiger partial charge in [-0.1, -0.05) is 117 Å². The number of nitrogens with zero attached hydrogens (tertiary/aromatic N) is 1. The van der Waals surface area contributed by atoms with E-state index in [2.05, 4.69) is 115 Å². The normalized spacial score (nSPS) is 12.6. The quantitative estimate of drug-likeness (QED) is 0.0800. The van der Waals surface area contributed by atoms with Gasteiger partial charge in [0.15, 0.2) is 5.78 Å². The zero-order valence-corrected chi connectivity index (χ0v) is 39.9. The molecule has 0 bridgehead atoms. The first-order chi connectivity index (χ1) is 25.9. The Kier molecular flexibility index (Phi) is 14.8. The van der Waals surface area contributed by atoms with Gasteiger partial charge in [0.25, 0.3) is 0 Å². The number of hydrogen-bond donors (Lipinski definition) is 1. The Morgan fingerprint density at radius 2 is 1.46 bits per heavy atom. The van der Waals surface area contributed by atoms with Gasteiger partial charge in [0, 0.05) is 62.5 Å². The minimum Gasteiger partial charge on any atom is -0.512 e. The van der Waals surface area contributed by atoms with E-state index in [1.54, 1.807) is 11.3 Å². The summed E-state index contributed by atoms with van der Waals surface area (Å²) in [4.78, 5) is 21.3. The van der Waals surface area contributed by atoms with Gasteiger partial charge in [-0.2, -0.15) is 0 Å². The van der Waals surface area contributed by atoms with Crippen molar-refractivity contribution in [2.45, 2.75) is 128 Å². The first-order valence-electron chi connectivity index (χ1n) is 20.2. The van der Waals surface area contributed by atoms with E-state index in [0.717, 1.165) is 53.6 Å². The van der Waals surface area contributed by atoms with Gasteiger partial charge in [-0.25, -0.2) is 0 Å². The number of aliphatic hydroxyl groups excluding tert-OH is 1. The van der Waals surface area contributed by atoms with Crippen LogP contribution in [-0.2, 0) is 36.7 Å². The number of thiophene rings is 2. The maximum absolute atomic E-state index is 12.2. The van der Waals surface area contributed by atoms with Crippen molar-refractivity contribution < 1.29 is 30.0 Å². The molecule has 3 aromatic carbocycles. The second-order valence-corrected chi connectivity index (χ2v) is 19.8. The molecule has 6 aromatic rings. The maximum atomic E-state index is 12.2. The van der Waals surface area contributed by atoms with Crippen LogP contribution in [0.2, 0.25) is 0 Å². The number of benzene rings is 3. The van der Waals surface area contributed by atoms with Crippen LogP contribution >= 0.6 is 22.7 Å². The van der Waals surface area contributed by atoms with Crippen LogP contribution < -0.4 is 0 Å². The Labute approximate surface area is 358 Å². The topological polar surface area (TPSA) is 50.2 Å².